The summed E-state index contributed by atoms with van der Waals surface area (Å²) >= 11 is 0. The van der Waals surface area contributed by atoms with Crippen molar-refractivity contribution in [3.05, 3.63) is 24.3 Å². The predicted octanol–water partition coefficient (Wildman–Crippen LogP) is 4.60. The standard InChI is InChI=1S/C15H26O2Si/c1-5-6-7-8-15(18(2,3)4)17-14-11-9-13(16)10-12-14/h9-12,15-16H,5-8H2,1-4H3. The van der Waals surface area contributed by atoms with Gasteiger partial charge in [0.05, 0.1) is 13.8 Å². The van der Waals surface area contributed by atoms with Gasteiger partial charge in [-0.2, -0.15) is 0 Å². The molecule has 1 aromatic rings. The van der Waals surface area contributed by atoms with Gasteiger partial charge in [-0.15, -0.1) is 0 Å². The Morgan fingerprint density at radius 2 is 1.72 bits per heavy atom. The third-order valence-corrected chi connectivity index (χ3v) is 5.49. The normalized spacial score (nSPS) is 13.3. The fourth-order valence-electron chi connectivity index (χ4n) is 1.94. The number of rotatable bonds is 7. The fourth-order valence-corrected chi connectivity index (χ4v) is 3.50. The van der Waals surface area contributed by atoms with Gasteiger partial charge >= 0.3 is 0 Å². The molecule has 2 nitrogen and oxygen atoms in total. The van der Waals surface area contributed by atoms with Crippen LogP contribution >= 0.6 is 0 Å². The average Bonchev–Trinajstić information content (AvgIpc) is 2.29. The molecular formula is C15H26O2Si. The van der Waals surface area contributed by atoms with Crippen molar-refractivity contribution in [2.24, 2.45) is 0 Å². The molecule has 1 N–H and O–H groups in total. The van der Waals surface area contributed by atoms with Gasteiger partial charge in [0.25, 0.3) is 0 Å². The number of phenols is 1. The number of ether oxygens (including phenoxy) is 1. The van der Waals surface area contributed by atoms with Crippen molar-refractivity contribution in [1.82, 2.24) is 0 Å². The second-order valence-electron chi connectivity index (χ2n) is 5.96. The number of unbranched alkanes of at least 4 members (excludes halogenated alkanes) is 2. The van der Waals surface area contributed by atoms with Crippen molar-refractivity contribution in [3.63, 3.8) is 0 Å². The van der Waals surface area contributed by atoms with Crippen LogP contribution in [0.2, 0.25) is 19.6 Å². The molecule has 1 rings (SSSR count). The van der Waals surface area contributed by atoms with Crippen molar-refractivity contribution < 1.29 is 9.84 Å². The van der Waals surface area contributed by atoms with Gasteiger partial charge in [-0.1, -0.05) is 45.8 Å². The van der Waals surface area contributed by atoms with Gasteiger partial charge in [-0.3, -0.25) is 0 Å². The quantitative estimate of drug-likeness (QED) is 0.577. The molecule has 0 aliphatic rings. The molecule has 0 aliphatic carbocycles. The largest absolute Gasteiger partial charge is 0.508 e. The van der Waals surface area contributed by atoms with Gasteiger partial charge in [-0.25, -0.2) is 0 Å². The fraction of sp³-hybridized carbons (Fsp3) is 0.600. The summed E-state index contributed by atoms with van der Waals surface area (Å²) in [5.41, 5.74) is 0.355. The average molecular weight is 266 g/mol. The maximum absolute atomic E-state index is 9.28. The van der Waals surface area contributed by atoms with Crippen LogP contribution in [0.4, 0.5) is 0 Å². The highest BCUT2D eigenvalue weighted by molar-refractivity contribution is 6.77. The Morgan fingerprint density at radius 3 is 2.22 bits per heavy atom. The molecule has 18 heavy (non-hydrogen) atoms. The van der Waals surface area contributed by atoms with Crippen LogP contribution in [0.1, 0.15) is 32.6 Å². The highest BCUT2D eigenvalue weighted by atomic mass is 28.3. The van der Waals surface area contributed by atoms with Gasteiger partial charge in [0.2, 0.25) is 0 Å². The van der Waals surface area contributed by atoms with Gasteiger partial charge in [0, 0.05) is 0 Å². The first-order chi connectivity index (χ1) is 8.43. The van der Waals surface area contributed by atoms with E-state index in [0.29, 0.717) is 5.73 Å². The molecule has 0 radical (unpaired) electrons. The lowest BCUT2D eigenvalue weighted by Gasteiger charge is -2.29. The maximum atomic E-state index is 9.28. The minimum absolute atomic E-state index is 0.290. The molecule has 0 aliphatic heterocycles. The van der Waals surface area contributed by atoms with E-state index in [2.05, 4.69) is 26.6 Å². The lowest BCUT2D eigenvalue weighted by molar-refractivity contribution is 0.253. The van der Waals surface area contributed by atoms with E-state index in [4.69, 9.17) is 4.74 Å². The summed E-state index contributed by atoms with van der Waals surface area (Å²) in [5, 5.41) is 9.28. The number of hydrogen-bond acceptors (Lipinski definition) is 2. The Balaban J connectivity index is 2.63. The minimum Gasteiger partial charge on any atom is -0.508 e. The molecule has 0 aromatic heterocycles. The van der Waals surface area contributed by atoms with E-state index in [1.54, 1.807) is 12.1 Å². The van der Waals surface area contributed by atoms with Crippen LogP contribution in [0, 0.1) is 0 Å². The van der Waals surface area contributed by atoms with E-state index in [1.165, 1.54) is 19.3 Å². The van der Waals surface area contributed by atoms with Gasteiger partial charge in [0.15, 0.2) is 0 Å². The highest BCUT2D eigenvalue weighted by Gasteiger charge is 2.28. The van der Waals surface area contributed by atoms with Crippen LogP contribution in [0.5, 0.6) is 11.5 Å². The van der Waals surface area contributed by atoms with Crippen LogP contribution in [0.25, 0.3) is 0 Å². The Labute approximate surface area is 112 Å². The number of hydrogen-bond donors (Lipinski definition) is 1. The molecule has 0 fully saturated rings. The first kappa shape index (κ1) is 15.1. The summed E-state index contributed by atoms with van der Waals surface area (Å²) in [4.78, 5) is 0. The summed E-state index contributed by atoms with van der Waals surface area (Å²) in [5.74, 6) is 1.16. The van der Waals surface area contributed by atoms with Crippen LogP contribution in [0.15, 0.2) is 24.3 Å². The molecule has 3 heteroatoms. The molecule has 1 atom stereocenters. The monoisotopic (exact) mass is 266 g/mol. The lowest BCUT2D eigenvalue weighted by atomic mass is 10.2. The Bertz CT molecular complexity index is 341. The van der Waals surface area contributed by atoms with E-state index in [0.717, 1.165) is 12.2 Å². The molecule has 0 heterocycles. The smallest absolute Gasteiger partial charge is 0.119 e. The van der Waals surface area contributed by atoms with Crippen molar-refractivity contribution in [2.45, 2.75) is 58.0 Å². The topological polar surface area (TPSA) is 29.5 Å². The Hall–Kier alpha value is -0.963. The third-order valence-electron chi connectivity index (χ3n) is 3.15. The summed E-state index contributed by atoms with van der Waals surface area (Å²) < 4.78 is 6.13. The molecule has 102 valence electrons. The van der Waals surface area contributed by atoms with Crippen LogP contribution in [-0.2, 0) is 0 Å². The molecule has 0 spiro atoms. The van der Waals surface area contributed by atoms with E-state index in [1.807, 2.05) is 12.1 Å². The second kappa shape index (κ2) is 6.83. The number of benzene rings is 1. The number of phenolic OH excluding ortho intramolecular Hbond substituents is 1. The number of aromatic hydroxyl groups is 1. The summed E-state index contributed by atoms with van der Waals surface area (Å²) in [6.45, 7) is 9.28. The third kappa shape index (κ3) is 5.13. The first-order valence-electron chi connectivity index (χ1n) is 6.89. The molecular weight excluding hydrogens is 240 g/mol. The molecule has 0 amide bonds. The molecule has 1 unspecified atom stereocenters. The van der Waals surface area contributed by atoms with Gasteiger partial charge in [0.1, 0.15) is 11.5 Å². The minimum atomic E-state index is -1.32. The molecule has 0 bridgehead atoms. The van der Waals surface area contributed by atoms with Gasteiger partial charge < -0.3 is 9.84 Å². The molecule has 0 saturated carbocycles. The zero-order valence-corrected chi connectivity index (χ0v) is 13.1. The van der Waals surface area contributed by atoms with Gasteiger partial charge in [-0.05, 0) is 30.7 Å². The van der Waals surface area contributed by atoms with E-state index >= 15 is 0 Å². The van der Waals surface area contributed by atoms with Crippen molar-refractivity contribution in [1.29, 1.82) is 0 Å². The van der Waals surface area contributed by atoms with Crippen molar-refractivity contribution >= 4 is 8.07 Å². The van der Waals surface area contributed by atoms with Crippen LogP contribution in [0.3, 0.4) is 0 Å². The zero-order chi connectivity index (χ0) is 13.6. The van der Waals surface area contributed by atoms with Crippen molar-refractivity contribution in [3.8, 4) is 11.5 Å². The highest BCUT2D eigenvalue weighted by Crippen LogP contribution is 2.23. The van der Waals surface area contributed by atoms with Crippen LogP contribution < -0.4 is 4.74 Å². The van der Waals surface area contributed by atoms with E-state index < -0.39 is 8.07 Å². The molecule has 1 aromatic carbocycles. The first-order valence-corrected chi connectivity index (χ1v) is 10.5. The SMILES string of the molecule is CCCCCC(Oc1ccc(O)cc1)[Si](C)(C)C. The second-order valence-corrected chi connectivity index (χ2v) is 11.3. The van der Waals surface area contributed by atoms with Crippen molar-refractivity contribution in [2.75, 3.05) is 0 Å². The Kier molecular flexibility index (Phi) is 5.73. The van der Waals surface area contributed by atoms with Crippen LogP contribution in [-0.4, -0.2) is 18.9 Å². The lowest BCUT2D eigenvalue weighted by Crippen LogP contribution is -2.42. The van der Waals surface area contributed by atoms with E-state index in [-0.39, 0.29) is 5.75 Å². The summed E-state index contributed by atoms with van der Waals surface area (Å²) in [6.07, 6.45) is 4.91. The maximum Gasteiger partial charge on any atom is 0.119 e. The zero-order valence-electron chi connectivity index (χ0n) is 12.1. The summed E-state index contributed by atoms with van der Waals surface area (Å²) in [7, 11) is -1.32. The Morgan fingerprint density at radius 1 is 1.11 bits per heavy atom. The van der Waals surface area contributed by atoms with E-state index in [9.17, 15) is 5.11 Å². The molecule has 0 saturated heterocycles. The predicted molar refractivity (Wildman–Crippen MR) is 80.0 cm³/mol. The summed E-state index contributed by atoms with van der Waals surface area (Å²) in [6, 6.07) is 7.07.